The van der Waals surface area contributed by atoms with Gasteiger partial charge in [-0.25, -0.2) is 0 Å². The number of aryl methyl sites for hydroxylation is 1. The summed E-state index contributed by atoms with van der Waals surface area (Å²) in [4.78, 5) is 27.4. The normalized spacial score (nSPS) is 18.2. The first-order chi connectivity index (χ1) is 18.0. The van der Waals surface area contributed by atoms with E-state index in [0.29, 0.717) is 22.7 Å². The zero-order valence-electron chi connectivity index (χ0n) is 21.2. The van der Waals surface area contributed by atoms with Crippen molar-refractivity contribution >= 4 is 23.2 Å². The van der Waals surface area contributed by atoms with E-state index in [1.165, 1.54) is 11.3 Å². The third-order valence-corrected chi connectivity index (χ3v) is 8.00. The fraction of sp³-hybridized carbons (Fsp3) is 0.379. The number of hydrogen-bond donors (Lipinski definition) is 3. The van der Waals surface area contributed by atoms with Crippen LogP contribution in [-0.4, -0.2) is 50.3 Å². The van der Waals surface area contributed by atoms with Crippen LogP contribution in [0.15, 0.2) is 54.6 Å². The van der Waals surface area contributed by atoms with Gasteiger partial charge in [0.25, 0.3) is 11.8 Å². The fourth-order valence-electron chi connectivity index (χ4n) is 4.49. The first-order valence-corrected chi connectivity index (χ1v) is 13.7. The lowest BCUT2D eigenvalue weighted by Gasteiger charge is -2.28. The lowest BCUT2D eigenvalue weighted by molar-refractivity contribution is 0.0860. The number of amides is 2. The average Bonchev–Trinajstić information content (AvgIpc) is 3.58. The molecular weight excluding hydrogens is 486 g/mol. The molecule has 37 heavy (non-hydrogen) atoms. The molecule has 1 aromatic heterocycles. The number of hydrogen-bond acceptors (Lipinski definition) is 6. The summed E-state index contributed by atoms with van der Waals surface area (Å²) in [7, 11) is 0. The lowest BCUT2D eigenvalue weighted by Crippen LogP contribution is -2.50. The van der Waals surface area contributed by atoms with E-state index >= 15 is 0 Å². The zero-order chi connectivity index (χ0) is 25.8. The van der Waals surface area contributed by atoms with Crippen LogP contribution in [0.5, 0.6) is 5.75 Å². The molecule has 1 unspecified atom stereocenters. The molecule has 2 aromatic carbocycles. The first-order valence-electron chi connectivity index (χ1n) is 12.8. The van der Waals surface area contributed by atoms with E-state index in [9.17, 15) is 9.59 Å². The summed E-state index contributed by atoms with van der Waals surface area (Å²) in [5.41, 5.74) is 3.53. The van der Waals surface area contributed by atoms with Crippen molar-refractivity contribution in [3.8, 4) is 16.2 Å². The average molecular weight is 520 g/mol. The minimum atomic E-state index is -0.193. The molecule has 0 bridgehead atoms. The van der Waals surface area contributed by atoms with Gasteiger partial charge in [-0.05, 0) is 73.7 Å². The molecule has 0 aliphatic carbocycles. The Morgan fingerprint density at radius 1 is 1.14 bits per heavy atom. The highest BCUT2D eigenvalue weighted by Crippen LogP contribution is 2.30. The highest BCUT2D eigenvalue weighted by molar-refractivity contribution is 7.17. The molecule has 0 spiro atoms. The van der Waals surface area contributed by atoms with Crippen molar-refractivity contribution in [3.05, 3.63) is 76.2 Å². The number of rotatable bonds is 9. The van der Waals surface area contributed by atoms with Gasteiger partial charge in [0.2, 0.25) is 0 Å². The van der Waals surface area contributed by atoms with E-state index in [0.717, 1.165) is 54.1 Å². The molecule has 3 aromatic rings. The third kappa shape index (κ3) is 6.21. The fourth-order valence-corrected chi connectivity index (χ4v) is 5.41. The van der Waals surface area contributed by atoms with Crippen molar-refractivity contribution in [1.82, 2.24) is 16.0 Å². The second kappa shape index (κ2) is 11.5. The summed E-state index contributed by atoms with van der Waals surface area (Å²) in [6, 6.07) is 17.4. The Morgan fingerprint density at radius 3 is 2.76 bits per heavy atom. The summed E-state index contributed by atoms with van der Waals surface area (Å²) in [6.07, 6.45) is 2.33. The Labute approximate surface area is 221 Å². The van der Waals surface area contributed by atoms with Crippen molar-refractivity contribution in [2.75, 3.05) is 26.2 Å². The molecule has 2 aliphatic rings. The highest BCUT2D eigenvalue weighted by Gasteiger charge is 2.21. The van der Waals surface area contributed by atoms with E-state index in [4.69, 9.17) is 9.47 Å². The van der Waals surface area contributed by atoms with Crippen LogP contribution < -0.4 is 20.7 Å². The van der Waals surface area contributed by atoms with Gasteiger partial charge in [0.1, 0.15) is 11.9 Å². The van der Waals surface area contributed by atoms with E-state index < -0.39 is 0 Å². The summed E-state index contributed by atoms with van der Waals surface area (Å²) in [5.74, 6) is 0.512. The van der Waals surface area contributed by atoms with Gasteiger partial charge < -0.3 is 25.4 Å². The van der Waals surface area contributed by atoms with Crippen LogP contribution in [0.1, 0.15) is 57.0 Å². The maximum atomic E-state index is 13.1. The standard InChI is InChI=1S/C29H33N3O4S/c1-18-8-9-22(36-24-15-30-16-24)14-25(18)28(33)32-19(2)20-5-3-6-21(13-20)26-10-11-27(37-26)29(34)31-17-23-7-4-12-35-23/h3,5-6,8-11,13-14,19,23-24,30H,4,7,12,15-17H2,1-2H3,(H,31,34)(H,32,33)/t19?,23-/m1/s1. The van der Waals surface area contributed by atoms with Gasteiger partial charge in [0, 0.05) is 36.7 Å². The van der Waals surface area contributed by atoms with E-state index in [-0.39, 0.29) is 30.1 Å². The Bertz CT molecular complexity index is 1260. The smallest absolute Gasteiger partial charge is 0.261 e. The molecule has 2 saturated heterocycles. The van der Waals surface area contributed by atoms with Gasteiger partial charge in [-0.3, -0.25) is 9.59 Å². The van der Waals surface area contributed by atoms with Crippen LogP contribution in [0.2, 0.25) is 0 Å². The van der Waals surface area contributed by atoms with Gasteiger partial charge >= 0.3 is 0 Å². The van der Waals surface area contributed by atoms with Gasteiger partial charge in [0.15, 0.2) is 0 Å². The molecule has 3 N–H and O–H groups in total. The van der Waals surface area contributed by atoms with Gasteiger partial charge in [-0.15, -0.1) is 11.3 Å². The number of thiophene rings is 1. The monoisotopic (exact) mass is 519 g/mol. The van der Waals surface area contributed by atoms with Crippen LogP contribution in [-0.2, 0) is 4.74 Å². The molecule has 8 heteroatoms. The van der Waals surface area contributed by atoms with Crippen LogP contribution in [0.4, 0.5) is 0 Å². The van der Waals surface area contributed by atoms with Crippen LogP contribution in [0.3, 0.4) is 0 Å². The van der Waals surface area contributed by atoms with Gasteiger partial charge in [-0.2, -0.15) is 0 Å². The summed E-state index contributed by atoms with van der Waals surface area (Å²) in [6.45, 7) is 6.89. The van der Waals surface area contributed by atoms with Crippen LogP contribution in [0.25, 0.3) is 10.4 Å². The molecule has 2 fully saturated rings. The third-order valence-electron chi connectivity index (χ3n) is 6.86. The Hall–Kier alpha value is -3.20. The molecule has 3 heterocycles. The Morgan fingerprint density at radius 2 is 2.00 bits per heavy atom. The maximum Gasteiger partial charge on any atom is 0.261 e. The minimum absolute atomic E-state index is 0.0707. The number of nitrogens with one attached hydrogen (secondary N) is 3. The second-order valence-corrected chi connectivity index (χ2v) is 10.8. The number of ether oxygens (including phenoxy) is 2. The topological polar surface area (TPSA) is 88.7 Å². The summed E-state index contributed by atoms with van der Waals surface area (Å²) < 4.78 is 11.5. The molecule has 7 nitrogen and oxygen atoms in total. The zero-order valence-corrected chi connectivity index (χ0v) is 22.0. The van der Waals surface area contributed by atoms with Gasteiger partial charge in [-0.1, -0.05) is 24.3 Å². The maximum absolute atomic E-state index is 13.1. The van der Waals surface area contributed by atoms with Crippen molar-refractivity contribution in [1.29, 1.82) is 0 Å². The van der Waals surface area contributed by atoms with E-state index in [2.05, 4.69) is 22.0 Å². The largest absolute Gasteiger partial charge is 0.488 e. The Balaban J connectivity index is 1.23. The highest BCUT2D eigenvalue weighted by atomic mass is 32.1. The van der Waals surface area contributed by atoms with E-state index in [1.54, 1.807) is 0 Å². The number of carbonyl (C=O) groups is 2. The molecule has 2 amide bonds. The second-order valence-electron chi connectivity index (χ2n) is 9.70. The van der Waals surface area contributed by atoms with Crippen molar-refractivity contribution in [3.63, 3.8) is 0 Å². The Kier molecular flexibility index (Phi) is 7.88. The minimum Gasteiger partial charge on any atom is -0.488 e. The lowest BCUT2D eigenvalue weighted by atomic mass is 10.0. The molecule has 0 radical (unpaired) electrons. The molecule has 194 valence electrons. The SMILES string of the molecule is Cc1ccc(OC2CNC2)cc1C(=O)NC(C)c1cccc(-c2ccc(C(=O)NC[C@H]3CCCO3)s2)c1. The number of carbonyl (C=O) groups excluding carboxylic acids is 2. The van der Waals surface area contributed by atoms with Crippen molar-refractivity contribution in [2.45, 2.75) is 44.9 Å². The van der Waals surface area contributed by atoms with Crippen molar-refractivity contribution < 1.29 is 19.1 Å². The van der Waals surface area contributed by atoms with Crippen molar-refractivity contribution in [2.24, 2.45) is 0 Å². The van der Waals surface area contributed by atoms with E-state index in [1.807, 2.05) is 62.4 Å². The van der Waals surface area contributed by atoms with Gasteiger partial charge in [0.05, 0.1) is 17.0 Å². The molecule has 2 atom stereocenters. The molecule has 5 rings (SSSR count). The number of benzene rings is 2. The molecule has 2 aliphatic heterocycles. The molecular formula is C29H33N3O4S. The van der Waals surface area contributed by atoms with Crippen LogP contribution in [0, 0.1) is 6.92 Å². The predicted octanol–water partition coefficient (Wildman–Crippen LogP) is 4.47. The quantitative estimate of drug-likeness (QED) is 0.388. The predicted molar refractivity (Wildman–Crippen MR) is 145 cm³/mol. The summed E-state index contributed by atoms with van der Waals surface area (Å²) >= 11 is 1.46. The molecule has 0 saturated carbocycles. The first kappa shape index (κ1) is 25.4. The van der Waals surface area contributed by atoms with Crippen LogP contribution >= 0.6 is 11.3 Å². The summed E-state index contributed by atoms with van der Waals surface area (Å²) in [5, 5.41) is 9.30.